The molecule has 0 radical (unpaired) electrons. The van der Waals surface area contributed by atoms with Gasteiger partial charge in [-0.05, 0) is 87.0 Å². The van der Waals surface area contributed by atoms with E-state index in [2.05, 4.69) is 36.5 Å². The van der Waals surface area contributed by atoms with E-state index in [1.807, 2.05) is 0 Å². The van der Waals surface area contributed by atoms with Crippen LogP contribution in [0.5, 0.6) is 0 Å². The van der Waals surface area contributed by atoms with Gasteiger partial charge in [0.25, 0.3) is 0 Å². The van der Waals surface area contributed by atoms with Crippen LogP contribution in [-0.4, -0.2) is 18.5 Å². The molecular weight excluding hydrogens is 320 g/mol. The van der Waals surface area contributed by atoms with Crippen molar-refractivity contribution < 1.29 is 4.79 Å². The molecule has 6 rings (SSSR count). The van der Waals surface area contributed by atoms with E-state index >= 15 is 0 Å². The molecule has 5 fully saturated rings. The van der Waals surface area contributed by atoms with Gasteiger partial charge in [-0.2, -0.15) is 0 Å². The van der Waals surface area contributed by atoms with E-state index < -0.39 is 0 Å². The Morgan fingerprint density at radius 2 is 1.81 bits per heavy atom. The first kappa shape index (κ1) is 16.8. The molecule has 3 nitrogen and oxygen atoms in total. The van der Waals surface area contributed by atoms with Gasteiger partial charge >= 0.3 is 0 Å². The van der Waals surface area contributed by atoms with E-state index in [9.17, 15) is 4.79 Å². The molecule has 3 unspecified atom stereocenters. The van der Waals surface area contributed by atoms with Crippen molar-refractivity contribution in [1.29, 1.82) is 0 Å². The number of hydrogen-bond acceptors (Lipinski definition) is 2. The number of benzene rings is 1. The summed E-state index contributed by atoms with van der Waals surface area (Å²) in [5.74, 6) is 2.39. The van der Waals surface area contributed by atoms with E-state index in [0.29, 0.717) is 18.4 Å². The highest BCUT2D eigenvalue weighted by Crippen LogP contribution is 2.65. The van der Waals surface area contributed by atoms with Gasteiger partial charge in [-0.15, -0.1) is 0 Å². The summed E-state index contributed by atoms with van der Waals surface area (Å²) in [6.07, 6.45) is 9.62. The monoisotopic (exact) mass is 352 g/mol. The van der Waals surface area contributed by atoms with Crippen molar-refractivity contribution in [2.24, 2.45) is 28.9 Å². The lowest BCUT2D eigenvalue weighted by Gasteiger charge is -2.61. The molecule has 5 aliphatic carbocycles. The second-order valence-corrected chi connectivity index (χ2v) is 10.1. The molecule has 0 saturated heterocycles. The van der Waals surface area contributed by atoms with Crippen LogP contribution in [0.15, 0.2) is 24.3 Å². The lowest BCUT2D eigenvalue weighted by molar-refractivity contribution is -0.149. The van der Waals surface area contributed by atoms with E-state index in [1.54, 1.807) is 0 Å². The number of rotatable bonds is 5. The second kappa shape index (κ2) is 5.82. The summed E-state index contributed by atoms with van der Waals surface area (Å²) in [5, 5.41) is 3.27. The standard InChI is InChI=1S/C23H32N2O/c1-15-2-6-19(7-3-15)22-9-16-8-17(10-22)12-23(11-16,14-22)21(26)25-13-20(24)18-4-5-18/h2-3,6-7,16-18,20H,4-5,8-14,24H2,1H3,(H,25,26). The molecule has 4 bridgehead atoms. The average Bonchev–Trinajstić information content (AvgIpc) is 3.44. The van der Waals surface area contributed by atoms with Crippen LogP contribution >= 0.6 is 0 Å². The predicted octanol–water partition coefficient (Wildman–Crippen LogP) is 3.69. The summed E-state index contributed by atoms with van der Waals surface area (Å²) in [7, 11) is 0. The van der Waals surface area contributed by atoms with Crippen molar-refractivity contribution in [2.75, 3.05) is 6.54 Å². The Morgan fingerprint density at radius 3 is 2.42 bits per heavy atom. The summed E-state index contributed by atoms with van der Waals surface area (Å²) in [4.78, 5) is 13.3. The Kier molecular flexibility index (Phi) is 3.76. The first-order valence-electron chi connectivity index (χ1n) is 10.6. The van der Waals surface area contributed by atoms with E-state index in [0.717, 1.165) is 31.1 Å². The number of hydrogen-bond donors (Lipinski definition) is 2. The molecule has 3 atom stereocenters. The van der Waals surface area contributed by atoms with Crippen molar-refractivity contribution in [1.82, 2.24) is 5.32 Å². The summed E-state index contributed by atoms with van der Waals surface area (Å²) in [5.41, 5.74) is 9.12. The third-order valence-corrected chi connectivity index (χ3v) is 7.93. The number of nitrogens with one attached hydrogen (secondary N) is 1. The fourth-order valence-electron chi connectivity index (χ4n) is 6.86. The molecule has 0 aromatic heterocycles. The van der Waals surface area contributed by atoms with Crippen molar-refractivity contribution >= 4 is 5.91 Å². The van der Waals surface area contributed by atoms with Gasteiger partial charge in [0, 0.05) is 12.6 Å². The van der Waals surface area contributed by atoms with E-state index in [1.165, 1.54) is 43.2 Å². The molecule has 3 N–H and O–H groups in total. The highest BCUT2D eigenvalue weighted by molar-refractivity contribution is 5.83. The van der Waals surface area contributed by atoms with E-state index in [-0.39, 0.29) is 16.9 Å². The van der Waals surface area contributed by atoms with Gasteiger partial charge in [-0.25, -0.2) is 0 Å². The van der Waals surface area contributed by atoms with Crippen LogP contribution in [0.25, 0.3) is 0 Å². The molecule has 0 aliphatic heterocycles. The minimum Gasteiger partial charge on any atom is -0.354 e. The third kappa shape index (κ3) is 2.70. The number of aryl methyl sites for hydroxylation is 1. The van der Waals surface area contributed by atoms with Crippen LogP contribution in [0.3, 0.4) is 0 Å². The molecule has 0 heterocycles. The largest absolute Gasteiger partial charge is 0.354 e. The molecule has 5 aliphatic rings. The summed E-state index contributed by atoms with van der Waals surface area (Å²) in [6, 6.07) is 9.30. The average molecular weight is 353 g/mol. The molecule has 0 spiro atoms. The topological polar surface area (TPSA) is 55.1 Å². The Hall–Kier alpha value is -1.35. The maximum Gasteiger partial charge on any atom is 0.226 e. The van der Waals surface area contributed by atoms with Gasteiger partial charge in [-0.1, -0.05) is 29.8 Å². The quantitative estimate of drug-likeness (QED) is 0.849. The predicted molar refractivity (Wildman–Crippen MR) is 104 cm³/mol. The van der Waals surface area contributed by atoms with Crippen LogP contribution in [0, 0.1) is 30.1 Å². The zero-order valence-electron chi connectivity index (χ0n) is 16.0. The Morgan fingerprint density at radius 1 is 1.15 bits per heavy atom. The molecule has 1 amide bonds. The second-order valence-electron chi connectivity index (χ2n) is 10.1. The smallest absolute Gasteiger partial charge is 0.226 e. The minimum absolute atomic E-state index is 0.141. The number of amides is 1. The van der Waals surface area contributed by atoms with Crippen molar-refractivity contribution in [3.05, 3.63) is 35.4 Å². The number of nitrogens with two attached hydrogens (primary N) is 1. The van der Waals surface area contributed by atoms with Crippen LogP contribution in [0.1, 0.15) is 62.5 Å². The molecule has 26 heavy (non-hydrogen) atoms. The maximum atomic E-state index is 13.3. The lowest BCUT2D eigenvalue weighted by Crippen LogP contribution is -2.59. The van der Waals surface area contributed by atoms with Gasteiger partial charge in [0.15, 0.2) is 0 Å². The first-order chi connectivity index (χ1) is 12.5. The van der Waals surface area contributed by atoms with Gasteiger partial charge in [0.2, 0.25) is 5.91 Å². The fraction of sp³-hybridized carbons (Fsp3) is 0.696. The third-order valence-electron chi connectivity index (χ3n) is 7.93. The number of carbonyl (C=O) groups is 1. The van der Waals surface area contributed by atoms with Gasteiger partial charge in [0.05, 0.1) is 5.41 Å². The first-order valence-corrected chi connectivity index (χ1v) is 10.6. The molecule has 5 saturated carbocycles. The summed E-state index contributed by atoms with van der Waals surface area (Å²) < 4.78 is 0. The SMILES string of the molecule is Cc1ccc(C23CC4CC(CC(C(=O)NCC(N)C5CC5)(C4)C2)C3)cc1. The van der Waals surface area contributed by atoms with E-state index in [4.69, 9.17) is 5.73 Å². The zero-order chi connectivity index (χ0) is 17.9. The zero-order valence-corrected chi connectivity index (χ0v) is 16.0. The molecular formula is C23H32N2O. The van der Waals surface area contributed by atoms with Crippen LogP contribution in [0.2, 0.25) is 0 Å². The highest BCUT2D eigenvalue weighted by Gasteiger charge is 2.60. The van der Waals surface area contributed by atoms with Crippen molar-refractivity contribution in [3.63, 3.8) is 0 Å². The fourth-order valence-corrected chi connectivity index (χ4v) is 6.86. The molecule has 3 heteroatoms. The minimum atomic E-state index is -0.141. The van der Waals surface area contributed by atoms with Crippen LogP contribution < -0.4 is 11.1 Å². The van der Waals surface area contributed by atoms with Crippen molar-refractivity contribution in [3.8, 4) is 0 Å². The summed E-state index contributed by atoms with van der Waals surface area (Å²) in [6.45, 7) is 2.82. The van der Waals surface area contributed by atoms with Crippen LogP contribution in [-0.2, 0) is 10.2 Å². The number of carbonyl (C=O) groups excluding carboxylic acids is 1. The maximum absolute atomic E-state index is 13.3. The van der Waals surface area contributed by atoms with Gasteiger partial charge in [-0.3, -0.25) is 4.79 Å². The van der Waals surface area contributed by atoms with Crippen LogP contribution in [0.4, 0.5) is 0 Å². The normalized spacial score (nSPS) is 39.0. The van der Waals surface area contributed by atoms with Gasteiger partial charge < -0.3 is 11.1 Å². The summed E-state index contributed by atoms with van der Waals surface area (Å²) >= 11 is 0. The Bertz CT molecular complexity index is 691. The van der Waals surface area contributed by atoms with Crippen molar-refractivity contribution in [2.45, 2.75) is 69.7 Å². The molecule has 1 aromatic carbocycles. The molecule has 140 valence electrons. The van der Waals surface area contributed by atoms with Gasteiger partial charge in [0.1, 0.15) is 0 Å². The lowest BCUT2D eigenvalue weighted by atomic mass is 9.42. The highest BCUT2D eigenvalue weighted by atomic mass is 16.2. The Labute approximate surface area is 157 Å². The Balaban J connectivity index is 1.39. The molecule has 1 aromatic rings.